The van der Waals surface area contributed by atoms with Crippen molar-refractivity contribution in [1.29, 1.82) is 0 Å². The predicted octanol–water partition coefficient (Wildman–Crippen LogP) is -0.421. The minimum absolute atomic E-state index is 0.000307. The number of anilines is 1. The average molecular weight is 282 g/mol. The quantitative estimate of drug-likeness (QED) is 0.507. The molecule has 102 valence electrons. The van der Waals surface area contributed by atoms with E-state index in [-0.39, 0.29) is 17.3 Å². The number of aromatic nitrogens is 3. The topological polar surface area (TPSA) is 115 Å². The lowest BCUT2D eigenvalue weighted by molar-refractivity contribution is 0.577. The molecule has 0 aliphatic carbocycles. The summed E-state index contributed by atoms with van der Waals surface area (Å²) in [6, 6.07) is 4.68. The first-order valence-electron chi connectivity index (χ1n) is 5.43. The molecule has 0 aliphatic rings. The van der Waals surface area contributed by atoms with Crippen LogP contribution in [0, 0.1) is 0 Å². The van der Waals surface area contributed by atoms with Gasteiger partial charge in [-0.1, -0.05) is 0 Å². The largest absolute Gasteiger partial charge is 0.307 e. The number of aryl methyl sites for hydroxylation is 1. The second-order valence-corrected chi connectivity index (χ2v) is 5.50. The van der Waals surface area contributed by atoms with Crippen LogP contribution in [0.25, 0.3) is 0 Å². The van der Waals surface area contributed by atoms with Gasteiger partial charge in [-0.15, -0.1) is 0 Å². The van der Waals surface area contributed by atoms with Crippen molar-refractivity contribution in [1.82, 2.24) is 19.5 Å². The van der Waals surface area contributed by atoms with Crippen molar-refractivity contribution in [2.24, 2.45) is 12.9 Å². The van der Waals surface area contributed by atoms with Gasteiger partial charge < -0.3 is 5.43 Å². The second kappa shape index (κ2) is 5.34. The normalized spacial score (nSPS) is 11.5. The number of pyridine rings is 1. The molecule has 0 spiro atoms. The number of sulfonamides is 1. The van der Waals surface area contributed by atoms with Gasteiger partial charge in [0.2, 0.25) is 10.0 Å². The summed E-state index contributed by atoms with van der Waals surface area (Å²) >= 11 is 0. The van der Waals surface area contributed by atoms with Gasteiger partial charge in [0.05, 0.1) is 12.2 Å². The van der Waals surface area contributed by atoms with Crippen molar-refractivity contribution < 1.29 is 8.42 Å². The van der Waals surface area contributed by atoms with Gasteiger partial charge in [-0.3, -0.25) is 4.68 Å². The van der Waals surface area contributed by atoms with Crippen LogP contribution in [0.2, 0.25) is 0 Å². The summed E-state index contributed by atoms with van der Waals surface area (Å²) in [5.74, 6) is 5.34. The zero-order valence-electron chi connectivity index (χ0n) is 10.2. The molecule has 4 N–H and O–H groups in total. The Balaban J connectivity index is 2.21. The lowest BCUT2D eigenvalue weighted by Gasteiger charge is -2.10. The third-order valence-corrected chi connectivity index (χ3v) is 4.00. The maximum atomic E-state index is 12.1. The van der Waals surface area contributed by atoms with E-state index in [2.05, 4.69) is 20.2 Å². The molecule has 9 heteroatoms. The molecule has 0 aliphatic heterocycles. The van der Waals surface area contributed by atoms with Crippen molar-refractivity contribution in [3.05, 3.63) is 36.3 Å². The fourth-order valence-corrected chi connectivity index (χ4v) is 2.65. The molecular formula is C10H14N6O2S. The van der Waals surface area contributed by atoms with E-state index in [9.17, 15) is 8.42 Å². The van der Waals surface area contributed by atoms with Crippen LogP contribution >= 0.6 is 0 Å². The smallest absolute Gasteiger partial charge is 0.244 e. The van der Waals surface area contributed by atoms with Crippen LogP contribution in [-0.2, 0) is 23.6 Å². The number of nitrogen functional groups attached to an aromatic ring is 1. The Hall–Kier alpha value is -1.97. The van der Waals surface area contributed by atoms with E-state index in [1.54, 1.807) is 24.0 Å². The molecule has 2 heterocycles. The Morgan fingerprint density at radius 3 is 2.79 bits per heavy atom. The summed E-state index contributed by atoms with van der Waals surface area (Å²) in [4.78, 5) is 3.85. The Morgan fingerprint density at radius 2 is 2.16 bits per heavy atom. The van der Waals surface area contributed by atoms with Gasteiger partial charge in [-0.25, -0.2) is 24.0 Å². The molecule has 0 bridgehead atoms. The molecule has 0 saturated carbocycles. The minimum Gasteiger partial charge on any atom is -0.307 e. The van der Waals surface area contributed by atoms with Crippen LogP contribution in [0.1, 0.15) is 5.69 Å². The molecule has 2 aromatic rings. The molecule has 2 rings (SSSR count). The molecule has 2 aromatic heterocycles. The van der Waals surface area contributed by atoms with E-state index in [4.69, 9.17) is 5.84 Å². The second-order valence-electron chi connectivity index (χ2n) is 3.77. The van der Waals surface area contributed by atoms with Gasteiger partial charge in [0, 0.05) is 19.4 Å². The molecule has 19 heavy (non-hydrogen) atoms. The zero-order valence-corrected chi connectivity index (χ0v) is 11.1. The number of nitrogens with one attached hydrogen (secondary N) is 2. The van der Waals surface area contributed by atoms with Crippen LogP contribution in [-0.4, -0.2) is 23.2 Å². The number of hydrogen-bond acceptors (Lipinski definition) is 6. The third kappa shape index (κ3) is 2.89. The standard InChI is InChI=1S/C10H14N6O2S/c1-16-8(4-6-13-16)7-14-19(17,18)9-3-2-5-12-10(9)15-11/h2-6,14H,7,11H2,1H3,(H,12,15). The van der Waals surface area contributed by atoms with E-state index < -0.39 is 10.0 Å². The predicted molar refractivity (Wildman–Crippen MR) is 69.3 cm³/mol. The van der Waals surface area contributed by atoms with Crippen LogP contribution in [0.4, 0.5) is 5.82 Å². The molecule has 0 radical (unpaired) electrons. The maximum Gasteiger partial charge on any atom is 0.244 e. The van der Waals surface area contributed by atoms with E-state index in [0.717, 1.165) is 5.69 Å². The first kappa shape index (κ1) is 13.5. The maximum absolute atomic E-state index is 12.1. The van der Waals surface area contributed by atoms with Crippen molar-refractivity contribution in [2.45, 2.75) is 11.4 Å². The number of hydrazine groups is 1. The fourth-order valence-electron chi connectivity index (χ4n) is 1.54. The van der Waals surface area contributed by atoms with Crippen molar-refractivity contribution in [2.75, 3.05) is 5.43 Å². The summed E-state index contributed by atoms with van der Waals surface area (Å²) < 4.78 is 28.3. The molecule has 0 atom stereocenters. The molecule has 0 unspecified atom stereocenters. The van der Waals surface area contributed by atoms with E-state index in [1.807, 2.05) is 0 Å². The first-order chi connectivity index (χ1) is 9.04. The van der Waals surface area contributed by atoms with Crippen LogP contribution in [0.15, 0.2) is 35.5 Å². The van der Waals surface area contributed by atoms with Gasteiger partial charge >= 0.3 is 0 Å². The number of hydrogen-bond donors (Lipinski definition) is 3. The van der Waals surface area contributed by atoms with Gasteiger partial charge in [0.15, 0.2) is 5.82 Å². The Morgan fingerprint density at radius 1 is 1.37 bits per heavy atom. The lowest BCUT2D eigenvalue weighted by atomic mass is 10.4. The van der Waals surface area contributed by atoms with Gasteiger partial charge in [-0.2, -0.15) is 5.10 Å². The third-order valence-electron chi connectivity index (χ3n) is 2.56. The van der Waals surface area contributed by atoms with Gasteiger partial charge in [0.25, 0.3) is 0 Å². The van der Waals surface area contributed by atoms with Crippen LogP contribution in [0.5, 0.6) is 0 Å². The van der Waals surface area contributed by atoms with Gasteiger partial charge in [-0.05, 0) is 18.2 Å². The van der Waals surface area contributed by atoms with Gasteiger partial charge in [0.1, 0.15) is 4.90 Å². The highest BCUT2D eigenvalue weighted by Gasteiger charge is 2.19. The highest BCUT2D eigenvalue weighted by atomic mass is 32.2. The summed E-state index contributed by atoms with van der Waals surface area (Å²) in [5.41, 5.74) is 3.00. The first-order valence-corrected chi connectivity index (χ1v) is 6.91. The van der Waals surface area contributed by atoms with Crippen molar-refractivity contribution >= 4 is 15.8 Å². The highest BCUT2D eigenvalue weighted by Crippen LogP contribution is 2.16. The fraction of sp³-hybridized carbons (Fsp3) is 0.200. The number of nitrogens with two attached hydrogens (primary N) is 1. The molecule has 8 nitrogen and oxygen atoms in total. The van der Waals surface area contributed by atoms with E-state index >= 15 is 0 Å². The van der Waals surface area contributed by atoms with Crippen molar-refractivity contribution in [3.8, 4) is 0 Å². The average Bonchev–Trinajstić information content (AvgIpc) is 2.82. The summed E-state index contributed by atoms with van der Waals surface area (Å²) in [7, 11) is -1.96. The van der Waals surface area contributed by atoms with Crippen LogP contribution < -0.4 is 16.0 Å². The summed E-state index contributed by atoms with van der Waals surface area (Å²) in [6.07, 6.45) is 3.05. The lowest BCUT2D eigenvalue weighted by Crippen LogP contribution is -2.26. The van der Waals surface area contributed by atoms with E-state index in [0.29, 0.717) is 0 Å². The monoisotopic (exact) mass is 282 g/mol. The molecule has 0 fully saturated rings. The molecule has 0 aromatic carbocycles. The Labute approximate surface area is 110 Å². The molecule has 0 saturated heterocycles. The summed E-state index contributed by atoms with van der Waals surface area (Å²) in [5, 5.41) is 3.96. The number of rotatable bonds is 5. The Bertz CT molecular complexity index is 666. The highest BCUT2D eigenvalue weighted by molar-refractivity contribution is 7.89. The van der Waals surface area contributed by atoms with Crippen molar-refractivity contribution in [3.63, 3.8) is 0 Å². The summed E-state index contributed by atoms with van der Waals surface area (Å²) in [6.45, 7) is 0.137. The number of nitrogens with zero attached hydrogens (tertiary/aromatic N) is 3. The zero-order chi connectivity index (χ0) is 13.9. The van der Waals surface area contributed by atoms with Crippen LogP contribution in [0.3, 0.4) is 0 Å². The molecular weight excluding hydrogens is 268 g/mol. The van der Waals surface area contributed by atoms with E-state index in [1.165, 1.54) is 18.3 Å². The minimum atomic E-state index is -3.69. The molecule has 0 amide bonds. The SMILES string of the molecule is Cn1nccc1CNS(=O)(=O)c1cccnc1NN. The Kier molecular flexibility index (Phi) is 3.79.